The summed E-state index contributed by atoms with van der Waals surface area (Å²) < 4.78 is 32.6. The molecule has 0 aromatic rings. The van der Waals surface area contributed by atoms with Gasteiger partial charge in [-0.2, -0.15) is 0 Å². The third-order valence-corrected chi connectivity index (χ3v) is 9.36. The van der Waals surface area contributed by atoms with Crippen molar-refractivity contribution >= 4 is 19.8 Å². The molecule has 10 nitrogen and oxygen atoms in total. The fraction of sp³-hybridized carbons (Fsp3) is 0.721. The Morgan fingerprint density at radius 2 is 1.02 bits per heavy atom. The number of aliphatic hydroxyl groups is 2. The van der Waals surface area contributed by atoms with Crippen molar-refractivity contribution in [3.8, 4) is 0 Å². The van der Waals surface area contributed by atoms with Gasteiger partial charge in [0.25, 0.3) is 0 Å². The van der Waals surface area contributed by atoms with E-state index in [2.05, 4.69) is 79.1 Å². The summed E-state index contributed by atoms with van der Waals surface area (Å²) in [4.78, 5) is 34.9. The minimum atomic E-state index is -4.63. The molecule has 0 heterocycles. The van der Waals surface area contributed by atoms with Gasteiger partial charge in [0.05, 0.1) is 19.8 Å². The molecule has 0 aliphatic carbocycles. The Hall–Kier alpha value is -2.33. The molecule has 0 radical (unpaired) electrons. The maximum absolute atomic E-state index is 12.6. The number of carbonyl (C=O) groups excluding carboxylic acids is 2. The van der Waals surface area contributed by atoms with E-state index in [9.17, 15) is 24.2 Å². The second-order valence-corrected chi connectivity index (χ2v) is 15.1. The molecule has 0 amide bonds. The number of phosphoric ester groups is 1. The monoisotopic (exact) mass is 783 g/mol. The first-order chi connectivity index (χ1) is 26.2. The summed E-state index contributed by atoms with van der Waals surface area (Å²) in [6.45, 7) is 2.19. The lowest BCUT2D eigenvalue weighted by atomic mass is 10.1. The molecule has 0 aromatic carbocycles. The number of phosphoric acid groups is 1. The number of carbonyl (C=O) groups is 2. The number of esters is 2. The molecule has 312 valence electrons. The molecule has 54 heavy (non-hydrogen) atoms. The molecule has 3 N–H and O–H groups in total. The van der Waals surface area contributed by atoms with Crippen LogP contribution in [0.4, 0.5) is 0 Å². The van der Waals surface area contributed by atoms with Gasteiger partial charge in [0.1, 0.15) is 12.7 Å². The van der Waals surface area contributed by atoms with Crippen LogP contribution < -0.4 is 0 Å². The van der Waals surface area contributed by atoms with Crippen molar-refractivity contribution in [1.29, 1.82) is 0 Å². The van der Waals surface area contributed by atoms with E-state index in [1.807, 2.05) is 0 Å². The third kappa shape index (κ3) is 38.0. The van der Waals surface area contributed by atoms with E-state index in [0.717, 1.165) is 70.6 Å². The van der Waals surface area contributed by atoms with Gasteiger partial charge in [-0.05, 0) is 77.0 Å². The lowest BCUT2D eigenvalue weighted by Crippen LogP contribution is -2.29. The van der Waals surface area contributed by atoms with Gasteiger partial charge in [-0.15, -0.1) is 0 Å². The van der Waals surface area contributed by atoms with Gasteiger partial charge < -0.3 is 24.6 Å². The van der Waals surface area contributed by atoms with Crippen LogP contribution in [0.1, 0.15) is 162 Å². The van der Waals surface area contributed by atoms with Crippen LogP contribution in [0, 0.1) is 0 Å². The average Bonchev–Trinajstić information content (AvgIpc) is 3.16. The highest BCUT2D eigenvalue weighted by atomic mass is 31.2. The molecule has 0 saturated carbocycles. The molecule has 0 aliphatic rings. The predicted molar refractivity (Wildman–Crippen MR) is 219 cm³/mol. The zero-order valence-corrected chi connectivity index (χ0v) is 34.6. The first-order valence-corrected chi connectivity index (χ1v) is 22.2. The van der Waals surface area contributed by atoms with Crippen molar-refractivity contribution in [2.24, 2.45) is 0 Å². The molecular weight excluding hydrogens is 707 g/mol. The molecule has 0 fully saturated rings. The number of aliphatic hydroxyl groups excluding tert-OH is 2. The van der Waals surface area contributed by atoms with Crippen LogP contribution in [0.25, 0.3) is 0 Å². The van der Waals surface area contributed by atoms with Crippen molar-refractivity contribution in [2.75, 3.05) is 26.4 Å². The molecule has 11 heteroatoms. The first kappa shape index (κ1) is 51.7. The van der Waals surface area contributed by atoms with Gasteiger partial charge in [0.2, 0.25) is 0 Å². The molecule has 0 bridgehead atoms. The van der Waals surface area contributed by atoms with Gasteiger partial charge in [-0.1, -0.05) is 132 Å². The minimum Gasteiger partial charge on any atom is -0.462 e. The van der Waals surface area contributed by atoms with E-state index in [0.29, 0.717) is 12.8 Å². The molecule has 0 saturated heterocycles. The van der Waals surface area contributed by atoms with Gasteiger partial charge in [0.15, 0.2) is 6.10 Å². The molecule has 3 unspecified atom stereocenters. The number of ether oxygens (including phenoxy) is 2. The molecule has 0 aromatic heterocycles. The molecule has 0 rings (SSSR count). The highest BCUT2D eigenvalue weighted by Crippen LogP contribution is 2.43. The summed E-state index contributed by atoms with van der Waals surface area (Å²) in [6, 6.07) is 0. The second kappa shape index (κ2) is 38.9. The van der Waals surface area contributed by atoms with Crippen molar-refractivity contribution < 1.29 is 47.8 Å². The summed E-state index contributed by atoms with van der Waals surface area (Å²) in [5.41, 5.74) is 0. The van der Waals surface area contributed by atoms with Crippen molar-refractivity contribution in [3.63, 3.8) is 0 Å². The zero-order valence-electron chi connectivity index (χ0n) is 33.7. The first-order valence-electron chi connectivity index (χ1n) is 20.7. The Morgan fingerprint density at radius 3 is 1.56 bits per heavy atom. The SMILES string of the molecule is CC/C=C\C/C=C\C/C=C\CCCCCC(=O)OC(COC(=O)CCCCCCCCC/C=C\C/C=C\CCCCCC)COP(=O)(O)OCC(O)CO. The maximum atomic E-state index is 12.6. The van der Waals surface area contributed by atoms with Crippen LogP contribution >= 0.6 is 7.82 Å². The summed E-state index contributed by atoms with van der Waals surface area (Å²) in [7, 11) is -4.63. The molecule has 0 spiro atoms. The summed E-state index contributed by atoms with van der Waals surface area (Å²) in [6.07, 6.45) is 41.9. The number of hydrogen-bond acceptors (Lipinski definition) is 9. The fourth-order valence-corrected chi connectivity index (χ4v) is 6.00. The number of unbranched alkanes of at least 4 members (excludes halogenated alkanes) is 14. The quantitative estimate of drug-likeness (QED) is 0.0239. The van der Waals surface area contributed by atoms with Gasteiger partial charge >= 0.3 is 19.8 Å². The molecule has 0 aliphatic heterocycles. The van der Waals surface area contributed by atoms with Crippen LogP contribution in [0.3, 0.4) is 0 Å². The van der Waals surface area contributed by atoms with Crippen LogP contribution in [-0.2, 0) is 32.7 Å². The standard InChI is InChI=1S/C43H75O10P/c1-3-5-7-9-11-13-15-17-18-19-20-21-23-24-26-28-30-32-34-42(46)50-38-41(39-52-54(48,49)51-37-40(45)36-44)53-43(47)35-33-31-29-27-25-22-16-14-12-10-8-6-4-2/h6,8,12-15,18-19,22,25,40-41,44-45H,3-5,7,9-11,16-17,20-21,23-24,26-39H2,1-2H3,(H,48,49)/b8-6-,14-12-,15-13-,19-18-,25-22-. The second-order valence-electron chi connectivity index (χ2n) is 13.6. The van der Waals surface area contributed by atoms with Crippen molar-refractivity contribution in [3.05, 3.63) is 60.8 Å². The van der Waals surface area contributed by atoms with Gasteiger partial charge in [0, 0.05) is 12.8 Å². The Kier molecular flexibility index (Phi) is 37.2. The fourth-order valence-electron chi connectivity index (χ4n) is 5.21. The van der Waals surface area contributed by atoms with Crippen molar-refractivity contribution in [2.45, 2.75) is 174 Å². The summed E-state index contributed by atoms with van der Waals surface area (Å²) in [5.74, 6) is -0.973. The minimum absolute atomic E-state index is 0.145. The van der Waals surface area contributed by atoms with E-state index in [-0.39, 0.29) is 19.4 Å². The number of allylic oxidation sites excluding steroid dienone is 10. The predicted octanol–water partition coefficient (Wildman–Crippen LogP) is 10.7. The largest absolute Gasteiger partial charge is 0.472 e. The topological polar surface area (TPSA) is 149 Å². The van der Waals surface area contributed by atoms with Crippen molar-refractivity contribution in [1.82, 2.24) is 0 Å². The normalized spacial score (nSPS) is 14.5. The lowest BCUT2D eigenvalue weighted by molar-refractivity contribution is -0.161. The number of hydrogen-bond donors (Lipinski definition) is 3. The van der Waals surface area contributed by atoms with Crippen LogP contribution in [-0.4, -0.2) is 65.7 Å². The van der Waals surface area contributed by atoms with Gasteiger partial charge in [-0.25, -0.2) is 4.57 Å². The summed E-state index contributed by atoms with van der Waals surface area (Å²) in [5, 5.41) is 18.3. The van der Waals surface area contributed by atoms with E-state index < -0.39 is 51.8 Å². The maximum Gasteiger partial charge on any atom is 0.472 e. The Labute approximate surface area is 327 Å². The van der Waals surface area contributed by atoms with Gasteiger partial charge in [-0.3, -0.25) is 18.6 Å². The van der Waals surface area contributed by atoms with E-state index in [1.165, 1.54) is 51.4 Å². The Morgan fingerprint density at radius 1 is 0.574 bits per heavy atom. The molecular formula is C43H75O10P. The van der Waals surface area contributed by atoms with E-state index in [4.69, 9.17) is 19.1 Å². The van der Waals surface area contributed by atoms with E-state index >= 15 is 0 Å². The lowest BCUT2D eigenvalue weighted by Gasteiger charge is -2.20. The highest BCUT2D eigenvalue weighted by molar-refractivity contribution is 7.47. The average molecular weight is 783 g/mol. The van der Waals surface area contributed by atoms with Crippen LogP contribution in [0.5, 0.6) is 0 Å². The molecule has 3 atom stereocenters. The highest BCUT2D eigenvalue weighted by Gasteiger charge is 2.27. The summed E-state index contributed by atoms with van der Waals surface area (Å²) >= 11 is 0. The zero-order chi connectivity index (χ0) is 39.8. The smallest absolute Gasteiger partial charge is 0.462 e. The van der Waals surface area contributed by atoms with Crippen LogP contribution in [0.2, 0.25) is 0 Å². The van der Waals surface area contributed by atoms with E-state index in [1.54, 1.807) is 0 Å². The van der Waals surface area contributed by atoms with Crippen LogP contribution in [0.15, 0.2) is 60.8 Å². The Bertz CT molecular complexity index is 1080. The Balaban J connectivity index is 4.35. The third-order valence-electron chi connectivity index (χ3n) is 8.41. The number of rotatable bonds is 38.